The van der Waals surface area contributed by atoms with E-state index in [1.165, 1.54) is 17.0 Å². The number of carbonyl (C=O) groups is 1. The predicted octanol–water partition coefficient (Wildman–Crippen LogP) is 1.87. The average molecular weight is 352 g/mol. The molecule has 0 saturated heterocycles. The maximum absolute atomic E-state index is 13.2. The molecule has 0 radical (unpaired) electrons. The monoisotopic (exact) mass is 352 g/mol. The van der Waals surface area contributed by atoms with Crippen LogP contribution in [0.25, 0.3) is 0 Å². The fourth-order valence-corrected chi connectivity index (χ4v) is 1.82. The second kappa shape index (κ2) is 10.5. The zero-order valence-corrected chi connectivity index (χ0v) is 15.7. The minimum absolute atomic E-state index is 0.0690. The molecule has 0 aliphatic carbocycles. The molecule has 1 aromatic rings. The number of likely N-dealkylation sites (N-methyl/N-ethyl adjacent to an activating group) is 1. The molecule has 0 fully saturated rings. The van der Waals surface area contributed by atoms with Gasteiger partial charge in [-0.15, -0.1) is 0 Å². The van der Waals surface area contributed by atoms with E-state index in [0.29, 0.717) is 24.2 Å². The summed E-state index contributed by atoms with van der Waals surface area (Å²) in [5.74, 6) is 1.07. The van der Waals surface area contributed by atoms with Crippen LogP contribution in [0.5, 0.6) is 5.75 Å². The maximum atomic E-state index is 13.2. The van der Waals surface area contributed by atoms with Crippen LogP contribution in [0.3, 0.4) is 0 Å². The smallest absolute Gasteiger partial charge is 0.243 e. The molecule has 0 heterocycles. The predicted molar refractivity (Wildman–Crippen MR) is 98.3 cm³/mol. The first-order chi connectivity index (χ1) is 11.8. The van der Waals surface area contributed by atoms with Crippen molar-refractivity contribution in [1.29, 1.82) is 0 Å². The fourth-order valence-electron chi connectivity index (χ4n) is 1.82. The number of hydrogen-bond acceptors (Lipinski definition) is 3. The van der Waals surface area contributed by atoms with Crippen molar-refractivity contribution in [2.75, 3.05) is 33.7 Å². The van der Waals surface area contributed by atoms with Gasteiger partial charge in [0.05, 0.1) is 6.54 Å². The Bertz CT molecular complexity index is 576. The van der Waals surface area contributed by atoms with Crippen LogP contribution in [0.1, 0.15) is 20.8 Å². The van der Waals surface area contributed by atoms with Crippen LogP contribution in [0.15, 0.2) is 29.3 Å². The molecule has 1 rings (SSSR count). The number of halogens is 1. The highest BCUT2D eigenvalue weighted by Crippen LogP contribution is 2.13. The Labute approximate surface area is 149 Å². The Morgan fingerprint density at radius 2 is 1.92 bits per heavy atom. The van der Waals surface area contributed by atoms with E-state index in [-0.39, 0.29) is 24.4 Å². The number of hydrogen-bond donors (Lipinski definition) is 2. The third-order valence-corrected chi connectivity index (χ3v) is 3.24. The van der Waals surface area contributed by atoms with E-state index in [1.807, 2.05) is 6.92 Å². The van der Waals surface area contributed by atoms with Gasteiger partial charge in [0.25, 0.3) is 0 Å². The van der Waals surface area contributed by atoms with E-state index in [1.54, 1.807) is 26.2 Å². The molecule has 6 nitrogen and oxygen atoms in total. The molecule has 1 unspecified atom stereocenters. The number of aliphatic imine (C=N–C) groups is 1. The molecule has 25 heavy (non-hydrogen) atoms. The minimum atomic E-state index is -0.333. The summed E-state index contributed by atoms with van der Waals surface area (Å²) < 4.78 is 18.9. The van der Waals surface area contributed by atoms with Crippen LogP contribution in [-0.2, 0) is 4.79 Å². The van der Waals surface area contributed by atoms with E-state index in [2.05, 4.69) is 29.5 Å². The van der Waals surface area contributed by atoms with Crippen LogP contribution in [0, 0.1) is 11.7 Å². The van der Waals surface area contributed by atoms with Gasteiger partial charge in [-0.1, -0.05) is 19.9 Å². The first-order valence-electron chi connectivity index (χ1n) is 8.42. The Kier molecular flexibility index (Phi) is 8.74. The quantitative estimate of drug-likeness (QED) is 0.554. The Balaban J connectivity index is 2.57. The van der Waals surface area contributed by atoms with Crippen LogP contribution >= 0.6 is 0 Å². The molecule has 0 aromatic heterocycles. The lowest BCUT2D eigenvalue weighted by molar-refractivity contribution is -0.127. The van der Waals surface area contributed by atoms with Crippen molar-refractivity contribution in [2.24, 2.45) is 10.9 Å². The highest BCUT2D eigenvalue weighted by molar-refractivity contribution is 5.84. The summed E-state index contributed by atoms with van der Waals surface area (Å²) in [5, 5.41) is 6.35. The topological polar surface area (TPSA) is 66.0 Å². The zero-order valence-electron chi connectivity index (χ0n) is 15.7. The molecule has 1 amide bonds. The third-order valence-electron chi connectivity index (χ3n) is 3.24. The summed E-state index contributed by atoms with van der Waals surface area (Å²) in [7, 11) is 3.39. The second-order valence-electron chi connectivity index (χ2n) is 6.49. The molecule has 0 aliphatic rings. The normalized spacial score (nSPS) is 12.7. The van der Waals surface area contributed by atoms with Gasteiger partial charge in [0.1, 0.15) is 24.2 Å². The lowest BCUT2D eigenvalue weighted by Gasteiger charge is -2.19. The van der Waals surface area contributed by atoms with Crippen LogP contribution < -0.4 is 15.4 Å². The zero-order chi connectivity index (χ0) is 18.8. The number of nitrogens with one attached hydrogen (secondary N) is 2. The van der Waals surface area contributed by atoms with Gasteiger partial charge in [-0.3, -0.25) is 4.79 Å². The fraction of sp³-hybridized carbons (Fsp3) is 0.556. The molecule has 0 saturated carbocycles. The van der Waals surface area contributed by atoms with Gasteiger partial charge in [0.15, 0.2) is 5.96 Å². The molecule has 0 spiro atoms. The number of guanidine groups is 1. The van der Waals surface area contributed by atoms with Crippen molar-refractivity contribution >= 4 is 11.9 Å². The molecular weight excluding hydrogens is 323 g/mol. The summed E-state index contributed by atoms with van der Waals surface area (Å²) in [6.45, 7) is 7.33. The molecule has 1 aromatic carbocycles. The lowest BCUT2D eigenvalue weighted by Crippen LogP contribution is -2.43. The van der Waals surface area contributed by atoms with E-state index in [9.17, 15) is 9.18 Å². The highest BCUT2D eigenvalue weighted by atomic mass is 19.1. The van der Waals surface area contributed by atoms with Gasteiger partial charge in [-0.05, 0) is 25.0 Å². The van der Waals surface area contributed by atoms with Gasteiger partial charge < -0.3 is 20.3 Å². The molecule has 0 aliphatic heterocycles. The lowest BCUT2D eigenvalue weighted by atomic mass is 10.2. The van der Waals surface area contributed by atoms with Crippen LogP contribution in [0.2, 0.25) is 0 Å². The van der Waals surface area contributed by atoms with E-state index < -0.39 is 0 Å². The Hall–Kier alpha value is -2.31. The van der Waals surface area contributed by atoms with Crippen molar-refractivity contribution in [2.45, 2.75) is 26.9 Å². The largest absolute Gasteiger partial charge is 0.489 e. The van der Waals surface area contributed by atoms with Crippen molar-refractivity contribution in [3.05, 3.63) is 30.1 Å². The van der Waals surface area contributed by atoms with Gasteiger partial charge in [0.2, 0.25) is 5.91 Å². The maximum Gasteiger partial charge on any atom is 0.243 e. The molecular formula is C18H29FN4O2. The van der Waals surface area contributed by atoms with Crippen molar-refractivity contribution in [3.8, 4) is 5.75 Å². The van der Waals surface area contributed by atoms with E-state index >= 15 is 0 Å². The minimum Gasteiger partial charge on any atom is -0.489 e. The summed E-state index contributed by atoms with van der Waals surface area (Å²) in [6, 6.07) is 6.03. The molecule has 0 bridgehead atoms. The average Bonchev–Trinajstić information content (AvgIpc) is 2.53. The van der Waals surface area contributed by atoms with Crippen molar-refractivity contribution < 1.29 is 13.9 Å². The molecule has 7 heteroatoms. The second-order valence-corrected chi connectivity index (χ2v) is 6.49. The third kappa shape index (κ3) is 8.93. The Morgan fingerprint density at radius 1 is 1.24 bits per heavy atom. The number of benzene rings is 1. The number of ether oxygens (including phenoxy) is 1. The number of carbonyl (C=O) groups excluding carboxylic acids is 1. The van der Waals surface area contributed by atoms with Crippen molar-refractivity contribution in [1.82, 2.24) is 15.5 Å². The van der Waals surface area contributed by atoms with E-state index in [4.69, 9.17) is 4.74 Å². The van der Waals surface area contributed by atoms with Crippen LogP contribution in [-0.4, -0.2) is 56.6 Å². The highest BCUT2D eigenvalue weighted by Gasteiger charge is 2.09. The van der Waals surface area contributed by atoms with Crippen LogP contribution in [0.4, 0.5) is 4.39 Å². The summed E-state index contributed by atoms with van der Waals surface area (Å²) in [4.78, 5) is 17.5. The van der Waals surface area contributed by atoms with Gasteiger partial charge >= 0.3 is 0 Å². The number of rotatable bonds is 8. The molecule has 1 atom stereocenters. The molecule has 2 N–H and O–H groups in total. The first-order valence-corrected chi connectivity index (χ1v) is 8.42. The summed E-state index contributed by atoms with van der Waals surface area (Å²) in [6.07, 6.45) is -0.197. The molecule has 140 valence electrons. The summed E-state index contributed by atoms with van der Waals surface area (Å²) in [5.41, 5.74) is 0. The van der Waals surface area contributed by atoms with Gasteiger partial charge in [0, 0.05) is 26.7 Å². The Morgan fingerprint density at radius 3 is 2.52 bits per heavy atom. The standard InChI is InChI=1S/C18H29FN4O2/c1-13(2)10-20-18(22-12-17(24)23(4)5)21-11-14(3)25-16-8-6-7-15(19)9-16/h6-9,13-14H,10-12H2,1-5H3,(H2,20,21,22). The number of amides is 1. The number of nitrogens with zero attached hydrogens (tertiary/aromatic N) is 2. The summed E-state index contributed by atoms with van der Waals surface area (Å²) >= 11 is 0. The van der Waals surface area contributed by atoms with Gasteiger partial charge in [-0.2, -0.15) is 0 Å². The van der Waals surface area contributed by atoms with E-state index in [0.717, 1.165) is 6.54 Å². The van der Waals surface area contributed by atoms with Gasteiger partial charge in [-0.25, -0.2) is 9.38 Å². The first kappa shape index (κ1) is 20.7. The van der Waals surface area contributed by atoms with Crippen molar-refractivity contribution in [3.63, 3.8) is 0 Å². The SMILES string of the molecule is CC(C)CNC(=NCC(=O)N(C)C)NCC(C)Oc1cccc(F)c1.